The Labute approximate surface area is 94.9 Å². The molecule has 0 aliphatic rings. The number of hydrogen-bond donors (Lipinski definition) is 1. The molecule has 0 aromatic heterocycles. The quantitative estimate of drug-likeness (QED) is 0.680. The number of carbonyl (C=O) groups is 1. The van der Waals surface area contributed by atoms with Crippen LogP contribution in [0.1, 0.15) is 26.2 Å². The minimum Gasteiger partial charge on any atom is -0.464 e. The topological polar surface area (TPSA) is 67.6 Å². The summed E-state index contributed by atoms with van der Waals surface area (Å²) in [7, 11) is 1.50. The van der Waals surface area contributed by atoms with Gasteiger partial charge < -0.3 is 5.11 Å². The highest BCUT2D eigenvalue weighted by atomic mass is 32.2. The Morgan fingerprint density at radius 3 is 2.67 bits per heavy atom. The molecule has 0 unspecified atom stereocenters. The van der Waals surface area contributed by atoms with Crippen LogP contribution in [0.15, 0.2) is 0 Å². The number of nitrogens with zero attached hydrogens (tertiary/aromatic N) is 3. The van der Waals surface area contributed by atoms with Gasteiger partial charge in [0.05, 0.1) is 6.07 Å². The molecule has 0 radical (unpaired) electrons. The number of rotatable bonds is 7. The molecule has 0 aromatic carbocycles. The van der Waals surface area contributed by atoms with E-state index in [1.165, 1.54) is 7.05 Å². The number of nitriles is 1. The van der Waals surface area contributed by atoms with E-state index in [1.807, 2.05) is 4.31 Å². The maximum Gasteiger partial charge on any atom is 0.418 e. The molecule has 0 saturated heterocycles. The molecule has 0 spiro atoms. The molecule has 0 aromatic rings. The molecule has 0 aliphatic heterocycles. The number of unbranched alkanes of at least 4 members (excludes halogenated alkanes) is 1. The Morgan fingerprint density at radius 1 is 1.53 bits per heavy atom. The molecular weight excluding hydrogens is 214 g/mol. The molecule has 0 atom stereocenters. The average Bonchev–Trinajstić information content (AvgIpc) is 2.21. The molecule has 0 saturated carbocycles. The van der Waals surface area contributed by atoms with E-state index in [9.17, 15) is 4.79 Å². The van der Waals surface area contributed by atoms with Gasteiger partial charge in [-0.2, -0.15) is 5.26 Å². The molecular formula is C9H17N3O2S. The van der Waals surface area contributed by atoms with Crippen LogP contribution in [0.3, 0.4) is 0 Å². The molecule has 0 aliphatic carbocycles. The second-order valence-corrected chi connectivity index (χ2v) is 4.28. The zero-order chi connectivity index (χ0) is 11.7. The van der Waals surface area contributed by atoms with E-state index in [-0.39, 0.29) is 0 Å². The molecule has 0 fully saturated rings. The fourth-order valence-electron chi connectivity index (χ4n) is 0.911. The highest BCUT2D eigenvalue weighted by molar-refractivity contribution is 7.95. The van der Waals surface area contributed by atoms with Gasteiger partial charge in [-0.15, -0.1) is 0 Å². The third kappa shape index (κ3) is 7.05. The maximum absolute atomic E-state index is 10.6. The molecule has 15 heavy (non-hydrogen) atoms. The normalized spacial score (nSPS) is 10.0. The summed E-state index contributed by atoms with van der Waals surface area (Å²) in [5.41, 5.74) is 0. The van der Waals surface area contributed by atoms with Gasteiger partial charge in [0.2, 0.25) is 0 Å². The summed E-state index contributed by atoms with van der Waals surface area (Å²) in [4.78, 5) is 10.6. The molecule has 1 amide bonds. The molecule has 86 valence electrons. The summed E-state index contributed by atoms with van der Waals surface area (Å²) in [5.74, 6) is 0. The van der Waals surface area contributed by atoms with Crippen LogP contribution in [0.4, 0.5) is 4.79 Å². The zero-order valence-corrected chi connectivity index (χ0v) is 9.96. The van der Waals surface area contributed by atoms with Gasteiger partial charge in [0.15, 0.2) is 0 Å². The van der Waals surface area contributed by atoms with Crippen molar-refractivity contribution in [2.45, 2.75) is 26.2 Å². The van der Waals surface area contributed by atoms with Crippen molar-refractivity contribution < 1.29 is 9.90 Å². The Balaban J connectivity index is 3.99. The van der Waals surface area contributed by atoms with Crippen molar-refractivity contribution in [1.29, 1.82) is 5.26 Å². The first-order valence-electron chi connectivity index (χ1n) is 4.88. The third-order valence-corrected chi connectivity index (χ3v) is 2.74. The van der Waals surface area contributed by atoms with E-state index in [0.29, 0.717) is 13.0 Å². The second-order valence-electron chi connectivity index (χ2n) is 3.05. The number of hydrogen-bond acceptors (Lipinski definition) is 4. The molecule has 0 bridgehead atoms. The minimum absolute atomic E-state index is 0.421. The van der Waals surface area contributed by atoms with Crippen LogP contribution in [0.25, 0.3) is 0 Å². The average molecular weight is 231 g/mol. The van der Waals surface area contributed by atoms with Crippen LogP contribution >= 0.6 is 12.1 Å². The lowest BCUT2D eigenvalue weighted by Crippen LogP contribution is -2.27. The van der Waals surface area contributed by atoms with Crippen molar-refractivity contribution in [2.24, 2.45) is 0 Å². The van der Waals surface area contributed by atoms with Gasteiger partial charge >= 0.3 is 6.09 Å². The van der Waals surface area contributed by atoms with Crippen molar-refractivity contribution in [3.05, 3.63) is 0 Å². The Morgan fingerprint density at radius 2 is 2.20 bits per heavy atom. The van der Waals surface area contributed by atoms with E-state index in [2.05, 4.69) is 13.0 Å². The van der Waals surface area contributed by atoms with Gasteiger partial charge in [-0.25, -0.2) is 13.4 Å². The Hall–Kier alpha value is -0.930. The lowest BCUT2D eigenvalue weighted by molar-refractivity contribution is 0.179. The zero-order valence-electron chi connectivity index (χ0n) is 9.14. The van der Waals surface area contributed by atoms with Gasteiger partial charge in [-0.3, -0.25) is 0 Å². The van der Waals surface area contributed by atoms with Crippen molar-refractivity contribution in [1.82, 2.24) is 8.61 Å². The van der Waals surface area contributed by atoms with Crippen molar-refractivity contribution in [3.8, 4) is 6.07 Å². The smallest absolute Gasteiger partial charge is 0.418 e. The van der Waals surface area contributed by atoms with Gasteiger partial charge in [0.25, 0.3) is 0 Å². The minimum atomic E-state index is -0.974. The van der Waals surface area contributed by atoms with Crippen molar-refractivity contribution in [3.63, 3.8) is 0 Å². The maximum atomic E-state index is 10.6. The van der Waals surface area contributed by atoms with Gasteiger partial charge in [0.1, 0.15) is 0 Å². The first kappa shape index (κ1) is 14.1. The van der Waals surface area contributed by atoms with E-state index >= 15 is 0 Å². The highest BCUT2D eigenvalue weighted by Crippen LogP contribution is 2.15. The standard InChI is InChI=1S/C9H17N3O2S/c1-3-4-7-12(8-5-6-10)15-11(2)9(13)14/h3-5,7-8H2,1-2H3,(H,13,14). The largest absolute Gasteiger partial charge is 0.464 e. The first-order valence-corrected chi connectivity index (χ1v) is 5.61. The van der Waals surface area contributed by atoms with Crippen LogP contribution in [-0.2, 0) is 0 Å². The molecule has 0 rings (SSSR count). The number of amides is 1. The summed E-state index contributed by atoms with van der Waals surface area (Å²) >= 11 is 1.15. The predicted octanol–water partition coefficient (Wildman–Crippen LogP) is 2.18. The van der Waals surface area contributed by atoms with Gasteiger partial charge in [-0.1, -0.05) is 13.3 Å². The van der Waals surface area contributed by atoms with Crippen LogP contribution < -0.4 is 0 Å². The third-order valence-electron chi connectivity index (χ3n) is 1.74. The van der Waals surface area contributed by atoms with Crippen LogP contribution in [0, 0.1) is 11.3 Å². The van der Waals surface area contributed by atoms with E-state index in [1.54, 1.807) is 0 Å². The van der Waals surface area contributed by atoms with E-state index in [0.717, 1.165) is 35.8 Å². The summed E-state index contributed by atoms with van der Waals surface area (Å²) < 4.78 is 3.05. The summed E-state index contributed by atoms with van der Waals surface area (Å²) in [5, 5.41) is 17.2. The molecule has 5 nitrogen and oxygen atoms in total. The first-order chi connectivity index (χ1) is 7.11. The van der Waals surface area contributed by atoms with Crippen molar-refractivity contribution >= 4 is 18.2 Å². The lowest BCUT2D eigenvalue weighted by atomic mass is 10.3. The molecule has 1 N–H and O–H groups in total. The SMILES string of the molecule is CCCCN(CCC#N)SN(C)C(=O)O. The summed E-state index contributed by atoms with van der Waals surface area (Å²) in [6.45, 7) is 3.48. The second kappa shape index (κ2) is 8.38. The predicted molar refractivity (Wildman–Crippen MR) is 60.1 cm³/mol. The van der Waals surface area contributed by atoms with E-state index < -0.39 is 6.09 Å². The monoisotopic (exact) mass is 231 g/mol. The molecule has 0 heterocycles. The fraction of sp³-hybridized carbons (Fsp3) is 0.778. The van der Waals surface area contributed by atoms with Crippen molar-refractivity contribution in [2.75, 3.05) is 20.1 Å². The number of carboxylic acid groups (broad SMARTS) is 1. The van der Waals surface area contributed by atoms with Gasteiger partial charge in [-0.05, 0) is 6.42 Å². The summed E-state index contributed by atoms with van der Waals surface area (Å²) in [6.07, 6.45) is 1.51. The fourth-order valence-corrected chi connectivity index (χ4v) is 1.71. The highest BCUT2D eigenvalue weighted by Gasteiger charge is 2.12. The Bertz CT molecular complexity index is 230. The van der Waals surface area contributed by atoms with Crippen LogP contribution in [-0.4, -0.2) is 39.9 Å². The van der Waals surface area contributed by atoms with Crippen LogP contribution in [0.5, 0.6) is 0 Å². The van der Waals surface area contributed by atoms with E-state index in [4.69, 9.17) is 10.4 Å². The van der Waals surface area contributed by atoms with Gasteiger partial charge in [0, 0.05) is 38.7 Å². The summed E-state index contributed by atoms with van der Waals surface area (Å²) in [6, 6.07) is 2.06. The molecule has 6 heteroatoms. The lowest BCUT2D eigenvalue weighted by Gasteiger charge is -2.23. The van der Waals surface area contributed by atoms with Crippen LogP contribution in [0.2, 0.25) is 0 Å². The Kier molecular flexibility index (Phi) is 7.86.